The van der Waals surface area contributed by atoms with Crippen LogP contribution < -0.4 is 5.73 Å². The standard InChI is InChI=1S/C9H18N2O2/c1-9(2,3)5-8(13)11(4)6-7(10)12/h5-6H2,1-4H3,(H2,10,12). The molecule has 0 rings (SSSR count). The van der Waals surface area contributed by atoms with Gasteiger partial charge in [0.2, 0.25) is 11.8 Å². The molecule has 4 nitrogen and oxygen atoms in total. The van der Waals surface area contributed by atoms with E-state index in [1.165, 1.54) is 4.90 Å². The molecule has 2 N–H and O–H groups in total. The molecule has 0 spiro atoms. The molecule has 0 unspecified atom stereocenters. The number of likely N-dealkylation sites (N-methyl/N-ethyl adjacent to an activating group) is 1. The Labute approximate surface area is 79.1 Å². The van der Waals surface area contributed by atoms with Crippen molar-refractivity contribution in [2.24, 2.45) is 11.1 Å². The van der Waals surface area contributed by atoms with Crippen LogP contribution in [0.25, 0.3) is 0 Å². The summed E-state index contributed by atoms with van der Waals surface area (Å²) < 4.78 is 0. The number of primary amides is 1. The molecule has 0 aromatic rings. The van der Waals surface area contributed by atoms with Crippen molar-refractivity contribution >= 4 is 11.8 Å². The first-order valence-corrected chi connectivity index (χ1v) is 4.24. The molecule has 0 atom stereocenters. The van der Waals surface area contributed by atoms with Gasteiger partial charge in [0.15, 0.2) is 0 Å². The van der Waals surface area contributed by atoms with Crippen LogP contribution in [-0.2, 0) is 9.59 Å². The summed E-state index contributed by atoms with van der Waals surface area (Å²) in [4.78, 5) is 23.3. The van der Waals surface area contributed by atoms with Crippen LogP contribution in [0.15, 0.2) is 0 Å². The molecule has 0 aliphatic rings. The topological polar surface area (TPSA) is 63.4 Å². The van der Waals surface area contributed by atoms with Crippen LogP contribution in [0.3, 0.4) is 0 Å². The van der Waals surface area contributed by atoms with Gasteiger partial charge < -0.3 is 10.6 Å². The summed E-state index contributed by atoms with van der Waals surface area (Å²) in [6.07, 6.45) is 0.427. The number of amides is 2. The van der Waals surface area contributed by atoms with Crippen LogP contribution in [-0.4, -0.2) is 30.3 Å². The molecule has 0 aromatic carbocycles. The van der Waals surface area contributed by atoms with Gasteiger partial charge in [0, 0.05) is 13.5 Å². The quantitative estimate of drug-likeness (QED) is 0.692. The van der Waals surface area contributed by atoms with Crippen LogP contribution in [0.1, 0.15) is 27.2 Å². The minimum absolute atomic E-state index is 0.00505. The third kappa shape index (κ3) is 6.13. The van der Waals surface area contributed by atoms with E-state index in [9.17, 15) is 9.59 Å². The van der Waals surface area contributed by atoms with Crippen molar-refractivity contribution in [2.75, 3.05) is 13.6 Å². The van der Waals surface area contributed by atoms with E-state index in [0.29, 0.717) is 6.42 Å². The van der Waals surface area contributed by atoms with Gasteiger partial charge >= 0.3 is 0 Å². The lowest BCUT2D eigenvalue weighted by Crippen LogP contribution is -2.36. The molecule has 4 heteroatoms. The number of nitrogens with two attached hydrogens (primary N) is 1. The number of rotatable bonds is 3. The van der Waals surface area contributed by atoms with Crippen LogP contribution in [0.4, 0.5) is 0 Å². The summed E-state index contributed by atoms with van der Waals surface area (Å²) in [7, 11) is 1.58. The van der Waals surface area contributed by atoms with Gasteiger partial charge in [0.05, 0.1) is 6.54 Å². The Kier molecular flexibility index (Phi) is 3.91. The summed E-state index contributed by atoms with van der Waals surface area (Å²) in [6, 6.07) is 0. The van der Waals surface area contributed by atoms with Crippen LogP contribution in [0, 0.1) is 5.41 Å². The highest BCUT2D eigenvalue weighted by molar-refractivity contribution is 5.83. The molecule has 13 heavy (non-hydrogen) atoms. The van der Waals surface area contributed by atoms with Crippen molar-refractivity contribution in [1.82, 2.24) is 4.90 Å². The Balaban J connectivity index is 4.05. The fraction of sp³-hybridized carbons (Fsp3) is 0.778. The van der Waals surface area contributed by atoms with E-state index in [4.69, 9.17) is 5.73 Å². The summed E-state index contributed by atoms with van der Waals surface area (Å²) >= 11 is 0. The average molecular weight is 186 g/mol. The first kappa shape index (κ1) is 11.9. The highest BCUT2D eigenvalue weighted by atomic mass is 16.2. The minimum Gasteiger partial charge on any atom is -0.368 e. The third-order valence-electron chi connectivity index (χ3n) is 1.50. The van der Waals surface area contributed by atoms with Gasteiger partial charge in [-0.1, -0.05) is 20.8 Å². The highest BCUT2D eigenvalue weighted by Crippen LogP contribution is 2.19. The molecule has 0 aliphatic heterocycles. The Morgan fingerprint density at radius 1 is 1.31 bits per heavy atom. The van der Waals surface area contributed by atoms with Gasteiger partial charge in [-0.15, -0.1) is 0 Å². The monoisotopic (exact) mass is 186 g/mol. The van der Waals surface area contributed by atoms with Crippen molar-refractivity contribution in [3.8, 4) is 0 Å². The van der Waals surface area contributed by atoms with E-state index in [0.717, 1.165) is 0 Å². The Morgan fingerprint density at radius 2 is 1.77 bits per heavy atom. The lowest BCUT2D eigenvalue weighted by atomic mass is 9.92. The molecule has 0 aliphatic carbocycles. The summed E-state index contributed by atoms with van der Waals surface area (Å²) in [5, 5.41) is 0. The van der Waals surface area contributed by atoms with Gasteiger partial charge in [0.1, 0.15) is 0 Å². The molecular weight excluding hydrogens is 168 g/mol. The lowest BCUT2D eigenvalue weighted by molar-refractivity contribution is -0.135. The molecule has 2 amide bonds. The van der Waals surface area contributed by atoms with Crippen molar-refractivity contribution in [3.63, 3.8) is 0 Å². The van der Waals surface area contributed by atoms with E-state index >= 15 is 0 Å². The predicted molar refractivity (Wildman–Crippen MR) is 50.9 cm³/mol. The lowest BCUT2D eigenvalue weighted by Gasteiger charge is -2.22. The maximum atomic E-state index is 11.4. The normalized spacial score (nSPS) is 11.1. The summed E-state index contributed by atoms with van der Waals surface area (Å²) in [6.45, 7) is 5.92. The highest BCUT2D eigenvalue weighted by Gasteiger charge is 2.19. The molecule has 0 saturated carbocycles. The van der Waals surface area contributed by atoms with Gasteiger partial charge in [-0.3, -0.25) is 9.59 Å². The zero-order chi connectivity index (χ0) is 10.6. The van der Waals surface area contributed by atoms with Gasteiger partial charge in [-0.25, -0.2) is 0 Å². The number of nitrogens with zero attached hydrogens (tertiary/aromatic N) is 1. The van der Waals surface area contributed by atoms with Crippen LogP contribution in [0.2, 0.25) is 0 Å². The Hall–Kier alpha value is -1.06. The van der Waals surface area contributed by atoms with Crippen molar-refractivity contribution in [1.29, 1.82) is 0 Å². The Morgan fingerprint density at radius 3 is 2.08 bits per heavy atom. The first-order chi connectivity index (χ1) is 5.72. The summed E-state index contributed by atoms with van der Waals surface area (Å²) in [5.41, 5.74) is 4.91. The molecule has 0 heterocycles. The predicted octanol–water partition coefficient (Wildman–Crippen LogP) is 0.366. The number of carbonyl (C=O) groups is 2. The maximum absolute atomic E-state index is 11.4. The van der Waals surface area contributed by atoms with Crippen molar-refractivity contribution in [2.45, 2.75) is 27.2 Å². The van der Waals surface area contributed by atoms with Crippen LogP contribution in [0.5, 0.6) is 0 Å². The molecule has 0 fully saturated rings. The summed E-state index contributed by atoms with van der Waals surface area (Å²) in [5.74, 6) is -0.531. The van der Waals surface area contributed by atoms with Gasteiger partial charge in [0.25, 0.3) is 0 Å². The second-order valence-electron chi connectivity index (χ2n) is 4.45. The molecule has 76 valence electrons. The second-order valence-corrected chi connectivity index (χ2v) is 4.45. The molecular formula is C9H18N2O2. The first-order valence-electron chi connectivity index (χ1n) is 4.24. The number of hydrogen-bond donors (Lipinski definition) is 1. The largest absolute Gasteiger partial charge is 0.368 e. The molecule has 0 radical (unpaired) electrons. The zero-order valence-electron chi connectivity index (χ0n) is 8.76. The smallest absolute Gasteiger partial charge is 0.237 e. The molecule has 0 bridgehead atoms. The fourth-order valence-electron chi connectivity index (χ4n) is 0.911. The van der Waals surface area contributed by atoms with E-state index in [1.54, 1.807) is 7.05 Å². The molecule has 0 aromatic heterocycles. The maximum Gasteiger partial charge on any atom is 0.237 e. The zero-order valence-corrected chi connectivity index (χ0v) is 8.76. The van der Waals surface area contributed by atoms with Crippen LogP contribution >= 0.6 is 0 Å². The SMILES string of the molecule is CN(CC(N)=O)C(=O)CC(C)(C)C. The second kappa shape index (κ2) is 4.25. The third-order valence-corrected chi connectivity index (χ3v) is 1.50. The Bertz CT molecular complexity index is 206. The van der Waals surface area contributed by atoms with E-state index in [2.05, 4.69) is 0 Å². The molecule has 0 saturated heterocycles. The number of hydrogen-bond acceptors (Lipinski definition) is 2. The van der Waals surface area contributed by atoms with Gasteiger partial charge in [-0.05, 0) is 5.41 Å². The number of carbonyl (C=O) groups excluding carboxylic acids is 2. The van der Waals surface area contributed by atoms with E-state index in [-0.39, 0.29) is 17.9 Å². The average Bonchev–Trinajstić information content (AvgIpc) is 1.81. The van der Waals surface area contributed by atoms with E-state index in [1.807, 2.05) is 20.8 Å². The van der Waals surface area contributed by atoms with E-state index < -0.39 is 5.91 Å². The van der Waals surface area contributed by atoms with Gasteiger partial charge in [-0.2, -0.15) is 0 Å². The minimum atomic E-state index is -0.482. The fourth-order valence-corrected chi connectivity index (χ4v) is 0.911. The van der Waals surface area contributed by atoms with Crippen molar-refractivity contribution in [3.05, 3.63) is 0 Å². The van der Waals surface area contributed by atoms with Crippen molar-refractivity contribution < 1.29 is 9.59 Å².